The van der Waals surface area contributed by atoms with Crippen LogP contribution in [0.4, 0.5) is 14.9 Å². The second kappa shape index (κ2) is 5.27. The van der Waals surface area contributed by atoms with Gasteiger partial charge in [-0.3, -0.25) is 5.32 Å². The lowest BCUT2D eigenvalue weighted by Crippen LogP contribution is -2.52. The molecule has 1 fully saturated rings. The number of benzene rings is 1. The molecule has 0 atom stereocenters. The number of halogens is 1. The van der Waals surface area contributed by atoms with Crippen LogP contribution in [0.3, 0.4) is 0 Å². The van der Waals surface area contributed by atoms with Crippen LogP contribution in [-0.4, -0.2) is 22.9 Å². The fraction of sp³-hybridized carbons (Fsp3) is 0.533. The summed E-state index contributed by atoms with van der Waals surface area (Å²) in [5.74, 6) is -0.445. The number of hydrogen-bond acceptors (Lipinski definition) is 4. The minimum absolute atomic E-state index is 0.293. The van der Waals surface area contributed by atoms with E-state index in [9.17, 15) is 14.3 Å². The largest absolute Gasteiger partial charge is 0.444 e. The zero-order valence-electron chi connectivity index (χ0n) is 12.4. The van der Waals surface area contributed by atoms with Gasteiger partial charge in [-0.25, -0.2) is 9.18 Å². The standard InChI is InChI=1S/C15H21FN2O3/c1-14(2,3)21-13(20)18-9-4-5-12(16)11(6-9)15(17)7-10(19)8-15/h4-6,10,19H,7-8,17H2,1-3H3,(H,18,20). The predicted molar refractivity (Wildman–Crippen MR) is 77.4 cm³/mol. The van der Waals surface area contributed by atoms with Gasteiger partial charge in [0.05, 0.1) is 6.10 Å². The van der Waals surface area contributed by atoms with Gasteiger partial charge in [-0.2, -0.15) is 0 Å². The highest BCUT2D eigenvalue weighted by atomic mass is 19.1. The van der Waals surface area contributed by atoms with Gasteiger partial charge in [-0.15, -0.1) is 0 Å². The normalized spacial score (nSPS) is 25.1. The monoisotopic (exact) mass is 296 g/mol. The summed E-state index contributed by atoms with van der Waals surface area (Å²) < 4.78 is 19.1. The molecule has 1 amide bonds. The van der Waals surface area contributed by atoms with Gasteiger partial charge in [-0.1, -0.05) is 0 Å². The molecular weight excluding hydrogens is 275 g/mol. The highest BCUT2D eigenvalue weighted by Crippen LogP contribution is 2.40. The molecule has 0 aromatic heterocycles. The number of nitrogens with one attached hydrogen (secondary N) is 1. The van der Waals surface area contributed by atoms with E-state index in [1.807, 2.05) is 0 Å². The molecule has 1 aliphatic rings. The van der Waals surface area contributed by atoms with Crippen molar-refractivity contribution in [3.05, 3.63) is 29.6 Å². The van der Waals surface area contributed by atoms with Crippen molar-refractivity contribution in [1.29, 1.82) is 0 Å². The molecule has 4 N–H and O–H groups in total. The molecule has 1 aliphatic carbocycles. The topological polar surface area (TPSA) is 84.6 Å². The molecule has 0 spiro atoms. The van der Waals surface area contributed by atoms with Gasteiger partial charge < -0.3 is 15.6 Å². The summed E-state index contributed by atoms with van der Waals surface area (Å²) in [4.78, 5) is 11.7. The van der Waals surface area contributed by atoms with E-state index in [4.69, 9.17) is 10.5 Å². The molecule has 0 heterocycles. The van der Waals surface area contributed by atoms with Crippen LogP contribution in [0.1, 0.15) is 39.2 Å². The number of aliphatic hydroxyl groups excluding tert-OH is 1. The Kier molecular flexibility index (Phi) is 3.95. The Labute approximate surface area is 123 Å². The Morgan fingerprint density at radius 3 is 2.62 bits per heavy atom. The Bertz CT molecular complexity index is 548. The average Bonchev–Trinajstić information content (AvgIpc) is 2.27. The number of anilines is 1. The molecule has 0 aliphatic heterocycles. The van der Waals surface area contributed by atoms with Crippen molar-refractivity contribution < 1.29 is 19.0 Å². The molecule has 0 bridgehead atoms. The summed E-state index contributed by atoms with van der Waals surface area (Å²) in [5.41, 5.74) is 5.28. The van der Waals surface area contributed by atoms with Gasteiger partial charge in [-0.05, 0) is 51.8 Å². The summed E-state index contributed by atoms with van der Waals surface area (Å²) in [7, 11) is 0. The van der Waals surface area contributed by atoms with Crippen molar-refractivity contribution in [3.8, 4) is 0 Å². The quantitative estimate of drug-likeness (QED) is 0.782. The van der Waals surface area contributed by atoms with Crippen LogP contribution in [0.15, 0.2) is 18.2 Å². The maximum Gasteiger partial charge on any atom is 0.412 e. The summed E-state index contributed by atoms with van der Waals surface area (Å²) >= 11 is 0. The number of ether oxygens (including phenoxy) is 1. The Hall–Kier alpha value is -1.66. The molecule has 0 radical (unpaired) electrons. The van der Waals surface area contributed by atoms with Crippen molar-refractivity contribution in [2.45, 2.75) is 50.9 Å². The smallest absolute Gasteiger partial charge is 0.412 e. The Balaban J connectivity index is 2.14. The fourth-order valence-corrected chi connectivity index (χ4v) is 2.41. The van der Waals surface area contributed by atoms with Gasteiger partial charge in [0.1, 0.15) is 11.4 Å². The molecule has 5 nitrogen and oxygen atoms in total. The maximum absolute atomic E-state index is 13.9. The zero-order valence-corrected chi connectivity index (χ0v) is 12.4. The lowest BCUT2D eigenvalue weighted by molar-refractivity contribution is 0.0192. The molecule has 1 aromatic carbocycles. The van der Waals surface area contributed by atoms with Crippen molar-refractivity contribution in [3.63, 3.8) is 0 Å². The lowest BCUT2D eigenvalue weighted by atomic mass is 9.70. The van der Waals surface area contributed by atoms with E-state index in [0.29, 0.717) is 24.1 Å². The van der Waals surface area contributed by atoms with Crippen LogP contribution in [-0.2, 0) is 10.3 Å². The predicted octanol–water partition coefficient (Wildman–Crippen LogP) is 2.48. The van der Waals surface area contributed by atoms with Crippen molar-refractivity contribution in [1.82, 2.24) is 0 Å². The molecule has 6 heteroatoms. The Morgan fingerprint density at radius 1 is 1.48 bits per heavy atom. The first kappa shape index (κ1) is 15.7. The van der Waals surface area contributed by atoms with Crippen molar-refractivity contribution in [2.75, 3.05) is 5.32 Å². The van der Waals surface area contributed by atoms with E-state index in [0.717, 1.165) is 0 Å². The zero-order chi connectivity index (χ0) is 15.8. The first-order valence-electron chi connectivity index (χ1n) is 6.86. The summed E-state index contributed by atoms with van der Waals surface area (Å²) in [6.45, 7) is 5.27. The third kappa shape index (κ3) is 3.71. The fourth-order valence-electron chi connectivity index (χ4n) is 2.41. The van der Waals surface area contributed by atoms with Crippen LogP contribution >= 0.6 is 0 Å². The number of aliphatic hydroxyl groups is 1. The van der Waals surface area contributed by atoms with Gasteiger partial charge in [0, 0.05) is 16.8 Å². The van der Waals surface area contributed by atoms with E-state index in [2.05, 4.69) is 5.32 Å². The molecule has 1 aromatic rings. The molecule has 116 valence electrons. The van der Waals surface area contributed by atoms with E-state index in [1.165, 1.54) is 18.2 Å². The highest BCUT2D eigenvalue weighted by Gasteiger charge is 2.43. The lowest BCUT2D eigenvalue weighted by Gasteiger charge is -2.42. The summed E-state index contributed by atoms with van der Waals surface area (Å²) in [5, 5.41) is 11.9. The Morgan fingerprint density at radius 2 is 2.10 bits per heavy atom. The summed E-state index contributed by atoms with van der Waals surface area (Å²) in [6.07, 6.45) is -0.503. The number of rotatable bonds is 2. The van der Waals surface area contributed by atoms with Crippen LogP contribution in [0, 0.1) is 5.82 Å². The molecular formula is C15H21FN2O3. The van der Waals surface area contributed by atoms with E-state index < -0.39 is 29.2 Å². The van der Waals surface area contributed by atoms with Crippen LogP contribution in [0.25, 0.3) is 0 Å². The van der Waals surface area contributed by atoms with Crippen molar-refractivity contribution >= 4 is 11.8 Å². The average molecular weight is 296 g/mol. The number of hydrogen-bond donors (Lipinski definition) is 3. The van der Waals surface area contributed by atoms with Gasteiger partial charge in [0.2, 0.25) is 0 Å². The number of carbonyl (C=O) groups is 1. The van der Waals surface area contributed by atoms with Crippen LogP contribution in [0.5, 0.6) is 0 Å². The molecule has 2 rings (SSSR count). The first-order valence-corrected chi connectivity index (χ1v) is 6.86. The molecule has 21 heavy (non-hydrogen) atoms. The number of nitrogens with two attached hydrogens (primary N) is 1. The van der Waals surface area contributed by atoms with Crippen LogP contribution in [0.2, 0.25) is 0 Å². The highest BCUT2D eigenvalue weighted by molar-refractivity contribution is 5.85. The van der Waals surface area contributed by atoms with Crippen LogP contribution < -0.4 is 11.1 Å². The summed E-state index contributed by atoms with van der Waals surface area (Å²) in [6, 6.07) is 4.19. The second-order valence-electron chi connectivity index (χ2n) is 6.54. The molecule has 1 saturated carbocycles. The first-order chi connectivity index (χ1) is 9.59. The van der Waals surface area contributed by atoms with Gasteiger partial charge in [0.25, 0.3) is 0 Å². The minimum atomic E-state index is -0.880. The number of carbonyl (C=O) groups excluding carboxylic acids is 1. The van der Waals surface area contributed by atoms with Gasteiger partial charge in [0.15, 0.2) is 0 Å². The third-order valence-corrected chi connectivity index (χ3v) is 3.35. The van der Waals surface area contributed by atoms with E-state index in [1.54, 1.807) is 20.8 Å². The minimum Gasteiger partial charge on any atom is -0.444 e. The number of amides is 1. The van der Waals surface area contributed by atoms with Crippen molar-refractivity contribution in [2.24, 2.45) is 5.73 Å². The van der Waals surface area contributed by atoms with E-state index in [-0.39, 0.29) is 0 Å². The van der Waals surface area contributed by atoms with Gasteiger partial charge >= 0.3 is 6.09 Å². The third-order valence-electron chi connectivity index (χ3n) is 3.35. The van der Waals surface area contributed by atoms with E-state index >= 15 is 0 Å². The maximum atomic E-state index is 13.9. The molecule has 0 saturated heterocycles. The second-order valence-corrected chi connectivity index (χ2v) is 6.54. The SMILES string of the molecule is CC(C)(C)OC(=O)Nc1ccc(F)c(C2(N)CC(O)C2)c1. The molecule has 0 unspecified atom stereocenters.